The average Bonchev–Trinajstić information content (AvgIpc) is 2.78. The van der Waals surface area contributed by atoms with Crippen LogP contribution < -0.4 is 0 Å². The van der Waals surface area contributed by atoms with E-state index in [1.54, 1.807) is 16.7 Å². The van der Waals surface area contributed by atoms with Crippen LogP contribution in [-0.2, 0) is 11.0 Å². The van der Waals surface area contributed by atoms with Crippen LogP contribution in [0.4, 0.5) is 13.2 Å². The van der Waals surface area contributed by atoms with Crippen LogP contribution in [0.2, 0.25) is 0 Å². The maximum Gasteiger partial charge on any atom is 0.416 e. The summed E-state index contributed by atoms with van der Waals surface area (Å²) in [4.78, 5) is 13.8. The third-order valence-electron chi connectivity index (χ3n) is 3.36. The molecule has 1 fully saturated rings. The highest BCUT2D eigenvalue weighted by Crippen LogP contribution is 2.40. The molecule has 0 radical (unpaired) electrons. The Morgan fingerprint density at radius 1 is 1.22 bits per heavy atom. The average molecular weight is 363 g/mol. The van der Waals surface area contributed by atoms with Crippen LogP contribution in [0.5, 0.6) is 0 Å². The predicted molar refractivity (Wildman–Crippen MR) is 90.6 cm³/mol. The number of hydrogen-bond donors (Lipinski definition) is 0. The molecule has 2 rings (SSSR count). The molecule has 1 saturated heterocycles. The van der Waals surface area contributed by atoms with Crippen LogP contribution in [0, 0.1) is 0 Å². The third-order valence-corrected chi connectivity index (χ3v) is 5.87. The lowest BCUT2D eigenvalue weighted by molar-refractivity contribution is -0.137. The Morgan fingerprint density at radius 3 is 2.35 bits per heavy atom. The minimum absolute atomic E-state index is 0.0504. The van der Waals surface area contributed by atoms with E-state index < -0.39 is 11.7 Å². The second-order valence-corrected chi connectivity index (χ2v) is 9.32. The van der Waals surface area contributed by atoms with Crippen molar-refractivity contribution in [2.75, 3.05) is 18.1 Å². The van der Waals surface area contributed by atoms with Crippen molar-refractivity contribution in [3.63, 3.8) is 0 Å². The Morgan fingerprint density at radius 2 is 1.83 bits per heavy atom. The number of hydrogen-bond acceptors (Lipinski definition) is 3. The van der Waals surface area contributed by atoms with Gasteiger partial charge in [-0.1, -0.05) is 32.9 Å². The number of benzene rings is 1. The predicted octanol–water partition coefficient (Wildman–Crippen LogP) is 4.81. The molecule has 0 saturated carbocycles. The maximum atomic E-state index is 12.6. The van der Waals surface area contributed by atoms with E-state index in [2.05, 4.69) is 20.8 Å². The molecule has 7 heteroatoms. The summed E-state index contributed by atoms with van der Waals surface area (Å²) in [6, 6.07) is 5.12. The fraction of sp³-hybridized carbons (Fsp3) is 0.562. The SMILES string of the molecule is CC(C)(C)SCCN1C(=O)CSC1c1ccc(C(F)(F)F)cc1. The monoisotopic (exact) mass is 363 g/mol. The van der Waals surface area contributed by atoms with Gasteiger partial charge in [0.2, 0.25) is 5.91 Å². The van der Waals surface area contributed by atoms with Crippen molar-refractivity contribution in [3.8, 4) is 0 Å². The number of halogens is 3. The van der Waals surface area contributed by atoms with Crippen LogP contribution >= 0.6 is 23.5 Å². The van der Waals surface area contributed by atoms with Gasteiger partial charge in [-0.25, -0.2) is 0 Å². The Hall–Kier alpha value is -0.820. The molecular weight excluding hydrogens is 343 g/mol. The number of thioether (sulfide) groups is 2. The van der Waals surface area contributed by atoms with Crippen LogP contribution in [0.25, 0.3) is 0 Å². The molecule has 1 aliphatic rings. The van der Waals surface area contributed by atoms with Crippen molar-refractivity contribution < 1.29 is 18.0 Å². The van der Waals surface area contributed by atoms with Gasteiger partial charge in [-0.2, -0.15) is 24.9 Å². The summed E-state index contributed by atoms with van der Waals surface area (Å²) in [5, 5.41) is -0.189. The minimum Gasteiger partial charge on any atom is -0.325 e. The van der Waals surface area contributed by atoms with Gasteiger partial charge in [0, 0.05) is 17.0 Å². The van der Waals surface area contributed by atoms with Gasteiger partial charge in [0.1, 0.15) is 5.37 Å². The van der Waals surface area contributed by atoms with Gasteiger partial charge in [0.15, 0.2) is 0 Å². The zero-order chi connectivity index (χ0) is 17.3. The number of alkyl halides is 3. The topological polar surface area (TPSA) is 20.3 Å². The van der Waals surface area contributed by atoms with Crippen molar-refractivity contribution in [2.45, 2.75) is 37.1 Å². The van der Waals surface area contributed by atoms with Crippen molar-refractivity contribution in [1.29, 1.82) is 0 Å². The maximum absolute atomic E-state index is 12.6. The van der Waals surface area contributed by atoms with E-state index in [1.165, 1.54) is 23.9 Å². The molecule has 0 aliphatic carbocycles. The van der Waals surface area contributed by atoms with Crippen LogP contribution in [0.3, 0.4) is 0 Å². The van der Waals surface area contributed by atoms with E-state index in [4.69, 9.17) is 0 Å². The smallest absolute Gasteiger partial charge is 0.325 e. The van der Waals surface area contributed by atoms with Crippen LogP contribution in [-0.4, -0.2) is 33.6 Å². The number of amides is 1. The fourth-order valence-corrected chi connectivity index (χ4v) is 4.38. The van der Waals surface area contributed by atoms with Gasteiger partial charge in [-0.15, -0.1) is 11.8 Å². The van der Waals surface area contributed by atoms with Crippen LogP contribution in [0.15, 0.2) is 24.3 Å². The molecule has 1 heterocycles. The highest BCUT2D eigenvalue weighted by atomic mass is 32.2. The lowest BCUT2D eigenvalue weighted by Gasteiger charge is -2.26. The molecule has 1 aliphatic heterocycles. The molecule has 1 aromatic rings. The summed E-state index contributed by atoms with van der Waals surface area (Å²) < 4.78 is 38.0. The zero-order valence-electron chi connectivity index (χ0n) is 13.3. The molecule has 1 amide bonds. The molecule has 0 bridgehead atoms. The van der Waals surface area contributed by atoms with E-state index in [0.29, 0.717) is 12.3 Å². The van der Waals surface area contributed by atoms with Gasteiger partial charge in [0.25, 0.3) is 0 Å². The van der Waals surface area contributed by atoms with Gasteiger partial charge < -0.3 is 4.90 Å². The Balaban J connectivity index is 2.06. The Labute approximate surface area is 143 Å². The summed E-state index contributed by atoms with van der Waals surface area (Å²) in [5.74, 6) is 1.24. The van der Waals surface area contributed by atoms with E-state index in [0.717, 1.165) is 23.4 Å². The third kappa shape index (κ3) is 5.08. The first-order chi connectivity index (χ1) is 10.6. The van der Waals surface area contributed by atoms with Gasteiger partial charge in [0.05, 0.1) is 11.3 Å². The summed E-state index contributed by atoms with van der Waals surface area (Å²) in [6.45, 7) is 6.96. The van der Waals surface area contributed by atoms with E-state index in [9.17, 15) is 18.0 Å². The molecule has 0 spiro atoms. The first-order valence-electron chi connectivity index (χ1n) is 7.30. The van der Waals surface area contributed by atoms with Crippen molar-refractivity contribution in [1.82, 2.24) is 4.90 Å². The van der Waals surface area contributed by atoms with E-state index in [-0.39, 0.29) is 16.0 Å². The number of rotatable bonds is 4. The summed E-state index contributed by atoms with van der Waals surface area (Å²) in [6.07, 6.45) is -4.33. The van der Waals surface area contributed by atoms with Gasteiger partial charge in [-0.3, -0.25) is 4.79 Å². The molecular formula is C16H20F3NOS2. The molecule has 2 nitrogen and oxygen atoms in total. The quantitative estimate of drug-likeness (QED) is 0.766. The highest BCUT2D eigenvalue weighted by molar-refractivity contribution is 8.01. The van der Waals surface area contributed by atoms with Crippen molar-refractivity contribution in [3.05, 3.63) is 35.4 Å². The molecule has 1 atom stereocenters. The molecule has 0 aromatic heterocycles. The minimum atomic E-state index is -4.33. The van der Waals surface area contributed by atoms with E-state index >= 15 is 0 Å². The van der Waals surface area contributed by atoms with Crippen LogP contribution in [0.1, 0.15) is 37.3 Å². The summed E-state index contributed by atoms with van der Waals surface area (Å²) >= 11 is 3.24. The molecule has 1 unspecified atom stereocenters. The normalized spacial score (nSPS) is 19.5. The zero-order valence-corrected chi connectivity index (χ0v) is 14.9. The van der Waals surface area contributed by atoms with Crippen molar-refractivity contribution in [2.24, 2.45) is 0 Å². The fourth-order valence-electron chi connectivity index (χ4n) is 2.26. The first-order valence-corrected chi connectivity index (χ1v) is 9.33. The second-order valence-electron chi connectivity index (χ2n) is 6.33. The molecule has 23 heavy (non-hydrogen) atoms. The van der Waals surface area contributed by atoms with Gasteiger partial charge >= 0.3 is 6.18 Å². The summed E-state index contributed by atoms with van der Waals surface area (Å²) in [7, 11) is 0. The Bertz CT molecular complexity index is 552. The first kappa shape index (κ1) is 18.5. The second kappa shape index (κ2) is 6.97. The standard InChI is InChI=1S/C16H20F3NOS2/c1-15(2,3)23-9-8-20-13(21)10-22-14(20)11-4-6-12(7-5-11)16(17,18)19/h4-7,14H,8-10H2,1-3H3. The lowest BCUT2D eigenvalue weighted by atomic mass is 10.1. The largest absolute Gasteiger partial charge is 0.416 e. The molecule has 0 N–H and O–H groups in total. The number of carbonyl (C=O) groups is 1. The Kier molecular flexibility index (Phi) is 5.61. The number of nitrogens with zero attached hydrogens (tertiary/aromatic N) is 1. The molecule has 128 valence electrons. The highest BCUT2D eigenvalue weighted by Gasteiger charge is 2.34. The van der Waals surface area contributed by atoms with Gasteiger partial charge in [-0.05, 0) is 17.7 Å². The lowest BCUT2D eigenvalue weighted by Crippen LogP contribution is -2.31. The summed E-state index contributed by atoms with van der Waals surface area (Å²) in [5.41, 5.74) is 0.0834. The van der Waals surface area contributed by atoms with E-state index in [1.807, 2.05) is 0 Å². The number of carbonyl (C=O) groups excluding carboxylic acids is 1. The van der Waals surface area contributed by atoms with Crippen molar-refractivity contribution >= 4 is 29.4 Å². The molecule has 1 aromatic carbocycles.